The highest BCUT2D eigenvalue weighted by atomic mass is 35.5. The molecule has 1 aliphatic heterocycles. The summed E-state index contributed by atoms with van der Waals surface area (Å²) < 4.78 is 24.4. The number of aromatic amines is 1. The summed E-state index contributed by atoms with van der Waals surface area (Å²) >= 11 is 5.91. The van der Waals surface area contributed by atoms with E-state index in [-0.39, 0.29) is 16.7 Å². The van der Waals surface area contributed by atoms with Crippen LogP contribution in [0, 0.1) is 11.3 Å². The average Bonchev–Trinajstić information content (AvgIpc) is 3.32. The number of esters is 3. The summed E-state index contributed by atoms with van der Waals surface area (Å²) in [4.78, 5) is 66.7. The summed E-state index contributed by atoms with van der Waals surface area (Å²) in [6, 6.07) is 24.9. The van der Waals surface area contributed by atoms with Crippen molar-refractivity contribution >= 4 is 29.5 Å². The van der Waals surface area contributed by atoms with Gasteiger partial charge in [-0.05, 0) is 53.9 Å². The van der Waals surface area contributed by atoms with Crippen LogP contribution in [0.4, 0.5) is 0 Å². The van der Waals surface area contributed by atoms with Crippen molar-refractivity contribution in [3.05, 3.63) is 141 Å². The number of hydrogen-bond acceptors (Lipinski definition) is 9. The second-order valence-corrected chi connectivity index (χ2v) is 9.66. The molecule has 0 amide bonds. The van der Waals surface area contributed by atoms with Gasteiger partial charge in [0.1, 0.15) is 12.7 Å². The number of halogens is 1. The maximum Gasteiger partial charge on any atom is 0.339 e. The highest BCUT2D eigenvalue weighted by Crippen LogP contribution is 2.43. The average molecular weight is 615 g/mol. The van der Waals surface area contributed by atoms with Crippen LogP contribution in [-0.4, -0.2) is 51.9 Å². The Bertz CT molecular complexity index is 1830. The Kier molecular flexibility index (Phi) is 9.04. The standard InChI is InChI=1S/C32H23ClN2O9/c33-18-17-32(44-29(39)23-14-8-3-9-15-23)26(43-28(38)22-12-6-2-7-13-22)24(20-41-27(37)21-10-4-1-5-11-21)42-30(32)35-19-16-25(36)34-31(35)40/h1-16,19,24,26,30H,20H2,(H,34,36,40)/t24-,26-,30-,32-/m1/s1. The number of nitrogens with one attached hydrogen (secondary N) is 1. The molecule has 3 aromatic carbocycles. The number of aromatic nitrogens is 2. The zero-order valence-electron chi connectivity index (χ0n) is 22.8. The third-order valence-corrected chi connectivity index (χ3v) is 6.77. The van der Waals surface area contributed by atoms with Crippen LogP contribution in [0.15, 0.2) is 113 Å². The molecule has 1 N–H and O–H groups in total. The van der Waals surface area contributed by atoms with E-state index in [1.165, 1.54) is 24.3 Å². The molecule has 0 unspecified atom stereocenters. The van der Waals surface area contributed by atoms with Crippen LogP contribution in [0.2, 0.25) is 0 Å². The second-order valence-electron chi connectivity index (χ2n) is 9.47. The molecule has 0 spiro atoms. The van der Waals surface area contributed by atoms with Crippen molar-refractivity contribution in [1.82, 2.24) is 9.55 Å². The predicted octanol–water partition coefficient (Wildman–Crippen LogP) is 3.31. The Morgan fingerprint density at radius 1 is 0.818 bits per heavy atom. The minimum atomic E-state index is -2.29. The number of nitrogens with zero attached hydrogens (tertiary/aromatic N) is 1. The van der Waals surface area contributed by atoms with Crippen LogP contribution in [0.25, 0.3) is 0 Å². The van der Waals surface area contributed by atoms with Crippen LogP contribution in [0.5, 0.6) is 0 Å². The van der Waals surface area contributed by atoms with E-state index in [0.717, 1.165) is 16.8 Å². The lowest BCUT2D eigenvalue weighted by atomic mass is 9.93. The fraction of sp³-hybridized carbons (Fsp3) is 0.156. The van der Waals surface area contributed by atoms with E-state index in [4.69, 9.17) is 30.5 Å². The Morgan fingerprint density at radius 3 is 1.91 bits per heavy atom. The van der Waals surface area contributed by atoms with E-state index >= 15 is 0 Å². The molecule has 0 aliphatic carbocycles. The molecule has 44 heavy (non-hydrogen) atoms. The Hall–Kier alpha value is -5.44. The Balaban J connectivity index is 1.62. The summed E-state index contributed by atoms with van der Waals surface area (Å²) in [5.74, 6) is 0.0885. The molecule has 1 saturated heterocycles. The van der Waals surface area contributed by atoms with Gasteiger partial charge in [-0.25, -0.2) is 19.2 Å². The fourth-order valence-corrected chi connectivity index (χ4v) is 4.78. The van der Waals surface area contributed by atoms with E-state index < -0.39 is 59.8 Å². The molecule has 0 radical (unpaired) electrons. The number of benzene rings is 3. The summed E-state index contributed by atoms with van der Waals surface area (Å²) in [7, 11) is 0. The van der Waals surface area contributed by atoms with Crippen LogP contribution in [0.1, 0.15) is 37.3 Å². The van der Waals surface area contributed by atoms with E-state index in [0.29, 0.717) is 0 Å². The molecule has 2 heterocycles. The maximum absolute atomic E-state index is 13.5. The highest BCUT2D eigenvalue weighted by molar-refractivity contribution is 6.30. The third-order valence-electron chi connectivity index (χ3n) is 6.68. The molecule has 1 aromatic heterocycles. The first-order valence-corrected chi connectivity index (χ1v) is 13.6. The third kappa shape index (κ3) is 6.32. The van der Waals surface area contributed by atoms with E-state index in [2.05, 4.69) is 16.3 Å². The molecule has 0 bridgehead atoms. The molecule has 4 aromatic rings. The first-order valence-electron chi connectivity index (χ1n) is 13.2. The van der Waals surface area contributed by atoms with Gasteiger partial charge in [0.05, 0.1) is 16.7 Å². The van der Waals surface area contributed by atoms with Crippen LogP contribution >= 0.6 is 11.6 Å². The van der Waals surface area contributed by atoms with Crippen molar-refractivity contribution in [2.45, 2.75) is 24.0 Å². The van der Waals surface area contributed by atoms with Gasteiger partial charge in [-0.15, -0.1) is 0 Å². The largest absolute Gasteiger partial charge is 0.459 e. The molecule has 1 fully saturated rings. The van der Waals surface area contributed by atoms with Gasteiger partial charge < -0.3 is 18.9 Å². The number of rotatable bonds is 8. The molecule has 12 heteroatoms. The fourth-order valence-electron chi connectivity index (χ4n) is 4.63. The topological polar surface area (TPSA) is 143 Å². The number of carbonyl (C=O) groups is 3. The predicted molar refractivity (Wildman–Crippen MR) is 156 cm³/mol. The number of ether oxygens (including phenoxy) is 4. The second kappa shape index (κ2) is 13.2. The van der Waals surface area contributed by atoms with Gasteiger partial charge >= 0.3 is 23.6 Å². The normalized spacial score (nSPS) is 20.5. The highest BCUT2D eigenvalue weighted by Gasteiger charge is 2.63. The SMILES string of the molecule is O=C(OC[C@H]1O[C@@H](n2ccc(=O)[nH]c2=O)[C@](C#CCl)(OC(=O)c2ccccc2)[C@@H]1OC(=O)c1ccccc1)c1ccccc1. The van der Waals surface area contributed by atoms with Crippen molar-refractivity contribution in [3.63, 3.8) is 0 Å². The zero-order chi connectivity index (χ0) is 31.1. The lowest BCUT2D eigenvalue weighted by molar-refractivity contribution is -0.0897. The molecule has 11 nitrogen and oxygen atoms in total. The van der Waals surface area contributed by atoms with Crippen LogP contribution in [-0.2, 0) is 18.9 Å². The molecule has 5 rings (SSSR count). The summed E-state index contributed by atoms with van der Waals surface area (Å²) in [5, 5.41) is 2.17. The molecule has 222 valence electrons. The Morgan fingerprint density at radius 2 is 1.36 bits per heavy atom. The van der Waals surface area contributed by atoms with Crippen molar-refractivity contribution < 1.29 is 33.3 Å². The number of H-pyrrole nitrogens is 1. The lowest BCUT2D eigenvalue weighted by Gasteiger charge is -2.33. The lowest BCUT2D eigenvalue weighted by Crippen LogP contribution is -2.53. The van der Waals surface area contributed by atoms with E-state index in [1.54, 1.807) is 66.7 Å². The van der Waals surface area contributed by atoms with Gasteiger partial charge in [-0.2, -0.15) is 0 Å². The quantitative estimate of drug-likeness (QED) is 0.180. The monoisotopic (exact) mass is 614 g/mol. The van der Waals surface area contributed by atoms with E-state index in [1.807, 2.05) is 0 Å². The minimum Gasteiger partial charge on any atom is -0.459 e. The van der Waals surface area contributed by atoms with Crippen molar-refractivity contribution in [2.75, 3.05) is 6.61 Å². The first kappa shape index (κ1) is 30.0. The molecular weight excluding hydrogens is 592 g/mol. The van der Waals surface area contributed by atoms with Crippen LogP contribution < -0.4 is 11.2 Å². The number of carbonyl (C=O) groups excluding carboxylic acids is 3. The van der Waals surface area contributed by atoms with Crippen molar-refractivity contribution in [3.8, 4) is 11.3 Å². The molecule has 0 saturated carbocycles. The summed E-state index contributed by atoms with van der Waals surface area (Å²) in [6.45, 7) is -0.524. The van der Waals surface area contributed by atoms with Crippen LogP contribution in [0.3, 0.4) is 0 Å². The smallest absolute Gasteiger partial charge is 0.339 e. The Labute approximate surface area is 254 Å². The summed E-state index contributed by atoms with van der Waals surface area (Å²) in [6.07, 6.45) is -3.50. The zero-order valence-corrected chi connectivity index (χ0v) is 23.5. The van der Waals surface area contributed by atoms with Crippen molar-refractivity contribution in [2.24, 2.45) is 0 Å². The van der Waals surface area contributed by atoms with E-state index in [9.17, 15) is 24.0 Å². The van der Waals surface area contributed by atoms with Gasteiger partial charge in [0.15, 0.2) is 12.3 Å². The maximum atomic E-state index is 13.5. The molecule has 1 aliphatic rings. The number of hydrogen-bond donors (Lipinski definition) is 1. The van der Waals surface area contributed by atoms with Gasteiger partial charge in [-0.1, -0.05) is 54.6 Å². The van der Waals surface area contributed by atoms with Gasteiger partial charge in [0.25, 0.3) is 11.2 Å². The minimum absolute atomic E-state index is 0.0999. The van der Waals surface area contributed by atoms with Gasteiger partial charge in [0, 0.05) is 17.6 Å². The summed E-state index contributed by atoms with van der Waals surface area (Å²) in [5.41, 5.74) is -3.47. The molecular formula is C32H23ClN2O9. The van der Waals surface area contributed by atoms with Crippen molar-refractivity contribution in [1.29, 1.82) is 0 Å². The van der Waals surface area contributed by atoms with Gasteiger partial charge in [-0.3, -0.25) is 14.3 Å². The van der Waals surface area contributed by atoms with Gasteiger partial charge in [0.2, 0.25) is 0 Å². The molecule has 4 atom stereocenters. The first-order chi connectivity index (χ1) is 21.3.